The molecule has 0 aliphatic heterocycles. The van der Waals surface area contributed by atoms with Crippen molar-refractivity contribution in [3.63, 3.8) is 0 Å². The van der Waals surface area contributed by atoms with Gasteiger partial charge >= 0.3 is 0 Å². The lowest BCUT2D eigenvalue weighted by Crippen LogP contribution is -2.11. The number of amides is 1. The number of aryl methyl sites for hydroxylation is 1. The molecule has 0 fully saturated rings. The summed E-state index contributed by atoms with van der Waals surface area (Å²) in [5, 5.41) is 3.20. The number of nitrogen functional groups attached to an aromatic ring is 1. The van der Waals surface area contributed by atoms with Crippen LogP contribution in [0.3, 0.4) is 0 Å². The Hall–Kier alpha value is -3.41. The largest absolute Gasteiger partial charge is 0.384 e. The number of pyridine rings is 2. The highest BCUT2D eigenvalue weighted by Crippen LogP contribution is 2.28. The Labute approximate surface area is 145 Å². The van der Waals surface area contributed by atoms with Crippen LogP contribution in [0.1, 0.15) is 12.0 Å². The van der Waals surface area contributed by atoms with Gasteiger partial charge in [0.15, 0.2) is 0 Å². The first-order valence-electron chi connectivity index (χ1n) is 7.93. The fourth-order valence-electron chi connectivity index (χ4n) is 2.63. The summed E-state index contributed by atoms with van der Waals surface area (Å²) in [6.45, 7) is 0. The molecule has 2 heterocycles. The van der Waals surface area contributed by atoms with Crippen LogP contribution in [-0.2, 0) is 11.2 Å². The molecule has 5 N–H and O–H groups in total. The predicted octanol–water partition coefficient (Wildman–Crippen LogP) is 2.89. The monoisotopic (exact) mass is 333 g/mol. The molecule has 6 heteroatoms. The van der Waals surface area contributed by atoms with E-state index in [-0.39, 0.29) is 5.91 Å². The number of nitrogens with two attached hydrogens (primary N) is 2. The molecule has 6 nitrogen and oxygen atoms in total. The first-order chi connectivity index (χ1) is 12.1. The highest BCUT2D eigenvalue weighted by Gasteiger charge is 2.09. The second-order valence-electron chi connectivity index (χ2n) is 5.66. The summed E-state index contributed by atoms with van der Waals surface area (Å²) in [4.78, 5) is 19.5. The van der Waals surface area contributed by atoms with Crippen LogP contribution in [0.15, 0.2) is 60.9 Å². The molecule has 0 unspecified atom stereocenters. The SMILES string of the molecule is NC(=O)CCc1ccccc1-c1cc(N)nc(Nc2cccnc2)c1. The second-order valence-corrected chi connectivity index (χ2v) is 5.66. The molecule has 3 rings (SSSR count). The normalized spacial score (nSPS) is 10.4. The molecule has 3 aromatic rings. The third kappa shape index (κ3) is 4.32. The smallest absolute Gasteiger partial charge is 0.217 e. The summed E-state index contributed by atoms with van der Waals surface area (Å²) in [5.74, 6) is 0.726. The summed E-state index contributed by atoms with van der Waals surface area (Å²) in [7, 11) is 0. The van der Waals surface area contributed by atoms with Crippen molar-refractivity contribution < 1.29 is 4.79 Å². The number of rotatable bonds is 6. The van der Waals surface area contributed by atoms with E-state index in [4.69, 9.17) is 11.5 Å². The maximum Gasteiger partial charge on any atom is 0.217 e. The molecule has 0 aliphatic rings. The average Bonchev–Trinajstić information content (AvgIpc) is 2.60. The summed E-state index contributed by atoms with van der Waals surface area (Å²) >= 11 is 0. The number of carbonyl (C=O) groups is 1. The van der Waals surface area contributed by atoms with Crippen molar-refractivity contribution in [2.45, 2.75) is 12.8 Å². The maximum absolute atomic E-state index is 11.1. The number of nitrogens with zero attached hydrogens (tertiary/aromatic N) is 2. The number of hydrogen-bond donors (Lipinski definition) is 3. The van der Waals surface area contributed by atoms with Crippen LogP contribution in [-0.4, -0.2) is 15.9 Å². The molecule has 1 aromatic carbocycles. The van der Waals surface area contributed by atoms with Gasteiger partial charge in [-0.05, 0) is 47.4 Å². The van der Waals surface area contributed by atoms with Gasteiger partial charge in [0.05, 0.1) is 11.9 Å². The second kappa shape index (κ2) is 7.44. The first-order valence-corrected chi connectivity index (χ1v) is 7.93. The zero-order chi connectivity index (χ0) is 17.6. The Kier molecular flexibility index (Phi) is 4.89. The predicted molar refractivity (Wildman–Crippen MR) is 99.1 cm³/mol. The van der Waals surface area contributed by atoms with Gasteiger partial charge in [0.2, 0.25) is 5.91 Å². The van der Waals surface area contributed by atoms with E-state index >= 15 is 0 Å². The van der Waals surface area contributed by atoms with Crippen LogP contribution < -0.4 is 16.8 Å². The van der Waals surface area contributed by atoms with Gasteiger partial charge < -0.3 is 16.8 Å². The van der Waals surface area contributed by atoms with E-state index in [0.29, 0.717) is 24.5 Å². The van der Waals surface area contributed by atoms with Crippen LogP contribution in [0.5, 0.6) is 0 Å². The molecule has 0 aliphatic carbocycles. The van der Waals surface area contributed by atoms with Crippen molar-refractivity contribution in [2.75, 3.05) is 11.1 Å². The quantitative estimate of drug-likeness (QED) is 0.643. The summed E-state index contributed by atoms with van der Waals surface area (Å²) in [6.07, 6.45) is 4.31. The molecule has 126 valence electrons. The molecule has 0 bridgehead atoms. The lowest BCUT2D eigenvalue weighted by Gasteiger charge is -2.12. The average molecular weight is 333 g/mol. The molecule has 25 heavy (non-hydrogen) atoms. The maximum atomic E-state index is 11.1. The van der Waals surface area contributed by atoms with Gasteiger partial charge in [0, 0.05) is 12.6 Å². The van der Waals surface area contributed by atoms with Crippen molar-refractivity contribution in [1.29, 1.82) is 0 Å². The highest BCUT2D eigenvalue weighted by atomic mass is 16.1. The van der Waals surface area contributed by atoms with Crippen LogP contribution >= 0.6 is 0 Å². The van der Waals surface area contributed by atoms with Crippen molar-refractivity contribution in [3.05, 3.63) is 66.5 Å². The molecule has 0 spiro atoms. The van der Waals surface area contributed by atoms with Gasteiger partial charge in [0.25, 0.3) is 0 Å². The Morgan fingerprint density at radius 1 is 1.12 bits per heavy atom. The number of aromatic nitrogens is 2. The lowest BCUT2D eigenvalue weighted by molar-refractivity contribution is -0.117. The third-order valence-electron chi connectivity index (χ3n) is 3.75. The Morgan fingerprint density at radius 2 is 1.96 bits per heavy atom. The minimum absolute atomic E-state index is 0.304. The molecule has 1 amide bonds. The molecule has 0 saturated heterocycles. The number of anilines is 3. The molecular formula is C19H19N5O. The van der Waals surface area contributed by atoms with Crippen LogP contribution in [0, 0.1) is 0 Å². The van der Waals surface area contributed by atoms with E-state index in [1.807, 2.05) is 48.5 Å². The molecule has 0 atom stereocenters. The van der Waals surface area contributed by atoms with Gasteiger partial charge in [-0.1, -0.05) is 24.3 Å². The van der Waals surface area contributed by atoms with E-state index in [1.54, 1.807) is 12.4 Å². The zero-order valence-corrected chi connectivity index (χ0v) is 13.6. The topological polar surface area (TPSA) is 107 Å². The van der Waals surface area contributed by atoms with Crippen molar-refractivity contribution in [3.8, 4) is 11.1 Å². The minimum Gasteiger partial charge on any atom is -0.384 e. The Morgan fingerprint density at radius 3 is 2.72 bits per heavy atom. The summed E-state index contributed by atoms with van der Waals surface area (Å²) in [6, 6.07) is 15.4. The summed E-state index contributed by atoms with van der Waals surface area (Å²) < 4.78 is 0. The van der Waals surface area contributed by atoms with Crippen molar-refractivity contribution in [1.82, 2.24) is 9.97 Å². The number of nitrogens with one attached hydrogen (secondary N) is 1. The van der Waals surface area contributed by atoms with Gasteiger partial charge in [-0.15, -0.1) is 0 Å². The minimum atomic E-state index is -0.317. The zero-order valence-electron chi connectivity index (χ0n) is 13.6. The van der Waals surface area contributed by atoms with Crippen molar-refractivity contribution in [2.24, 2.45) is 5.73 Å². The van der Waals surface area contributed by atoms with Gasteiger partial charge in [0.1, 0.15) is 11.6 Å². The molecular weight excluding hydrogens is 314 g/mol. The van der Waals surface area contributed by atoms with E-state index < -0.39 is 0 Å². The summed E-state index contributed by atoms with van der Waals surface area (Å²) in [5.41, 5.74) is 15.1. The molecule has 0 radical (unpaired) electrons. The molecule has 0 saturated carbocycles. The van der Waals surface area contributed by atoms with Gasteiger partial charge in [-0.2, -0.15) is 0 Å². The van der Waals surface area contributed by atoms with E-state index in [9.17, 15) is 4.79 Å². The van der Waals surface area contributed by atoms with Crippen LogP contribution in [0.2, 0.25) is 0 Å². The van der Waals surface area contributed by atoms with E-state index in [2.05, 4.69) is 15.3 Å². The standard InChI is InChI=1S/C19H19N5O/c20-17-10-14(11-19(24-17)23-15-5-3-9-22-12-15)16-6-2-1-4-13(16)7-8-18(21)25/h1-6,9-12H,7-8H2,(H2,21,25)(H3,20,23,24). The van der Waals surface area contributed by atoms with Crippen molar-refractivity contribution >= 4 is 23.2 Å². The van der Waals surface area contributed by atoms with Crippen LogP contribution in [0.25, 0.3) is 11.1 Å². The number of hydrogen-bond acceptors (Lipinski definition) is 5. The Bertz CT molecular complexity index is 880. The highest BCUT2D eigenvalue weighted by molar-refractivity contribution is 5.76. The fraction of sp³-hybridized carbons (Fsp3) is 0.105. The number of primary amides is 1. The van der Waals surface area contributed by atoms with Gasteiger partial charge in [-0.25, -0.2) is 4.98 Å². The number of carbonyl (C=O) groups excluding carboxylic acids is 1. The molecule has 2 aromatic heterocycles. The fourth-order valence-corrected chi connectivity index (χ4v) is 2.63. The lowest BCUT2D eigenvalue weighted by atomic mass is 9.97. The van der Waals surface area contributed by atoms with Crippen LogP contribution in [0.4, 0.5) is 17.3 Å². The van der Waals surface area contributed by atoms with Gasteiger partial charge in [-0.3, -0.25) is 9.78 Å². The third-order valence-corrected chi connectivity index (χ3v) is 3.75. The first kappa shape index (κ1) is 16.4. The van der Waals surface area contributed by atoms with E-state index in [1.165, 1.54) is 0 Å². The number of benzene rings is 1. The van der Waals surface area contributed by atoms with E-state index in [0.717, 1.165) is 22.4 Å². The Balaban J connectivity index is 1.94.